The number of halogens is 2. The fourth-order valence-corrected chi connectivity index (χ4v) is 2.82. The van der Waals surface area contributed by atoms with Gasteiger partial charge in [-0.15, -0.1) is 0 Å². The molecule has 0 fully saturated rings. The first-order chi connectivity index (χ1) is 13.4. The van der Waals surface area contributed by atoms with E-state index >= 15 is 0 Å². The number of nitrogens with zero attached hydrogens (tertiary/aromatic N) is 1. The fourth-order valence-electron chi connectivity index (χ4n) is 2.37. The van der Waals surface area contributed by atoms with Crippen LogP contribution in [-0.4, -0.2) is 23.0 Å². The molecular formula is C20H16Cl2N2O4. The molecule has 28 heavy (non-hydrogen) atoms. The minimum Gasteiger partial charge on any atom is -0.452 e. The van der Waals surface area contributed by atoms with Crippen molar-refractivity contribution in [2.24, 2.45) is 0 Å². The maximum atomic E-state index is 12.2. The lowest BCUT2D eigenvalue weighted by Crippen LogP contribution is -2.30. The van der Waals surface area contributed by atoms with E-state index in [9.17, 15) is 9.59 Å². The lowest BCUT2D eigenvalue weighted by atomic mass is 10.2. The number of amides is 1. The van der Waals surface area contributed by atoms with Gasteiger partial charge in [-0.05, 0) is 37.3 Å². The van der Waals surface area contributed by atoms with Gasteiger partial charge in [0.15, 0.2) is 6.10 Å². The van der Waals surface area contributed by atoms with E-state index in [-0.39, 0.29) is 11.4 Å². The van der Waals surface area contributed by atoms with Gasteiger partial charge in [-0.2, -0.15) is 0 Å². The number of rotatable bonds is 6. The molecule has 3 aromatic rings. The highest BCUT2D eigenvalue weighted by atomic mass is 35.5. The van der Waals surface area contributed by atoms with Gasteiger partial charge in [0.1, 0.15) is 6.26 Å². The van der Waals surface area contributed by atoms with Crippen LogP contribution in [0, 0.1) is 0 Å². The van der Waals surface area contributed by atoms with Crippen LogP contribution in [-0.2, 0) is 20.7 Å². The highest BCUT2D eigenvalue weighted by molar-refractivity contribution is 6.36. The van der Waals surface area contributed by atoms with Gasteiger partial charge in [-0.25, -0.2) is 4.98 Å². The number of ether oxygens (including phenoxy) is 1. The molecule has 0 aliphatic carbocycles. The molecule has 8 heteroatoms. The van der Waals surface area contributed by atoms with Crippen molar-refractivity contribution >= 4 is 40.8 Å². The lowest BCUT2D eigenvalue weighted by Gasteiger charge is -2.14. The van der Waals surface area contributed by atoms with Crippen molar-refractivity contribution in [1.82, 2.24) is 4.98 Å². The number of hydrogen-bond acceptors (Lipinski definition) is 5. The Morgan fingerprint density at radius 1 is 1.18 bits per heavy atom. The topological polar surface area (TPSA) is 81.4 Å². The summed E-state index contributed by atoms with van der Waals surface area (Å²) < 4.78 is 10.5. The SMILES string of the molecule is CC(OC(=O)Cc1coc(-c2ccccc2)n1)C(=O)Nc1ccc(Cl)cc1Cl. The van der Waals surface area contributed by atoms with E-state index in [1.54, 1.807) is 12.1 Å². The van der Waals surface area contributed by atoms with Gasteiger partial charge < -0.3 is 14.5 Å². The molecule has 0 spiro atoms. The van der Waals surface area contributed by atoms with E-state index in [1.807, 2.05) is 30.3 Å². The van der Waals surface area contributed by atoms with Crippen molar-refractivity contribution < 1.29 is 18.7 Å². The molecule has 144 valence electrons. The Balaban J connectivity index is 1.55. The molecule has 3 rings (SSSR count). The smallest absolute Gasteiger partial charge is 0.312 e. The molecular weight excluding hydrogens is 403 g/mol. The molecule has 1 amide bonds. The quantitative estimate of drug-likeness (QED) is 0.583. The molecule has 1 aromatic heterocycles. The van der Waals surface area contributed by atoms with Crippen LogP contribution < -0.4 is 5.32 Å². The normalized spacial score (nSPS) is 11.7. The van der Waals surface area contributed by atoms with E-state index in [2.05, 4.69) is 10.3 Å². The molecule has 1 unspecified atom stereocenters. The molecule has 0 saturated carbocycles. The molecule has 2 aromatic carbocycles. The van der Waals surface area contributed by atoms with Crippen molar-refractivity contribution in [1.29, 1.82) is 0 Å². The zero-order chi connectivity index (χ0) is 20.1. The highest BCUT2D eigenvalue weighted by Crippen LogP contribution is 2.25. The summed E-state index contributed by atoms with van der Waals surface area (Å²) >= 11 is 11.8. The first kappa shape index (κ1) is 19.9. The van der Waals surface area contributed by atoms with Crippen molar-refractivity contribution in [3.05, 3.63) is 70.5 Å². The summed E-state index contributed by atoms with van der Waals surface area (Å²) in [5, 5.41) is 3.33. The zero-order valence-corrected chi connectivity index (χ0v) is 16.3. The number of hydrogen-bond donors (Lipinski definition) is 1. The third-order valence-corrected chi connectivity index (χ3v) is 4.31. The maximum absolute atomic E-state index is 12.2. The number of carbonyl (C=O) groups is 2. The third kappa shape index (κ3) is 5.12. The molecule has 0 bridgehead atoms. The number of esters is 1. The van der Waals surface area contributed by atoms with Crippen molar-refractivity contribution in [3.63, 3.8) is 0 Å². The van der Waals surface area contributed by atoms with Crippen LogP contribution in [0.1, 0.15) is 12.6 Å². The van der Waals surface area contributed by atoms with Crippen LogP contribution in [0.15, 0.2) is 59.2 Å². The van der Waals surface area contributed by atoms with E-state index < -0.39 is 18.0 Å². The first-order valence-electron chi connectivity index (χ1n) is 8.37. The summed E-state index contributed by atoms with van der Waals surface area (Å²) in [4.78, 5) is 28.6. The molecule has 6 nitrogen and oxygen atoms in total. The number of anilines is 1. The predicted molar refractivity (Wildman–Crippen MR) is 106 cm³/mol. The summed E-state index contributed by atoms with van der Waals surface area (Å²) in [7, 11) is 0. The molecule has 0 aliphatic heterocycles. The summed E-state index contributed by atoms with van der Waals surface area (Å²) in [6.45, 7) is 1.47. The standard InChI is InChI=1S/C20H16Cl2N2O4/c1-12(19(26)24-17-8-7-14(21)9-16(17)22)28-18(25)10-15-11-27-20(23-15)13-5-3-2-4-6-13/h2-9,11-12H,10H2,1H3,(H,24,26). The number of aromatic nitrogens is 1. The van der Waals surface area contributed by atoms with Gasteiger partial charge in [-0.3, -0.25) is 9.59 Å². The van der Waals surface area contributed by atoms with Crippen LogP contribution >= 0.6 is 23.2 Å². The van der Waals surface area contributed by atoms with Gasteiger partial charge in [0.25, 0.3) is 5.91 Å². The number of nitrogens with one attached hydrogen (secondary N) is 1. The Labute approximate surface area is 171 Å². The van der Waals surface area contributed by atoms with Gasteiger partial charge in [0.05, 0.1) is 22.8 Å². The fraction of sp³-hybridized carbons (Fsp3) is 0.150. The molecule has 0 saturated heterocycles. The average Bonchev–Trinajstić information content (AvgIpc) is 3.13. The highest BCUT2D eigenvalue weighted by Gasteiger charge is 2.20. The second-order valence-corrected chi connectivity index (χ2v) is 6.78. The van der Waals surface area contributed by atoms with Crippen LogP contribution in [0.2, 0.25) is 10.0 Å². The molecule has 0 aliphatic rings. The Morgan fingerprint density at radius 2 is 1.93 bits per heavy atom. The monoisotopic (exact) mass is 418 g/mol. The van der Waals surface area contributed by atoms with Crippen molar-refractivity contribution in [2.75, 3.05) is 5.32 Å². The van der Waals surface area contributed by atoms with Crippen LogP contribution in [0.25, 0.3) is 11.5 Å². The maximum Gasteiger partial charge on any atom is 0.312 e. The minimum atomic E-state index is -1.01. The zero-order valence-electron chi connectivity index (χ0n) is 14.8. The predicted octanol–water partition coefficient (Wildman–Crippen LogP) is 4.76. The van der Waals surface area contributed by atoms with Gasteiger partial charge in [0, 0.05) is 10.6 Å². The van der Waals surface area contributed by atoms with Gasteiger partial charge in [-0.1, -0.05) is 41.4 Å². The molecule has 1 N–H and O–H groups in total. The second-order valence-electron chi connectivity index (χ2n) is 5.93. The van der Waals surface area contributed by atoms with Gasteiger partial charge >= 0.3 is 5.97 Å². The summed E-state index contributed by atoms with van der Waals surface area (Å²) in [6.07, 6.45) is 0.261. The van der Waals surface area contributed by atoms with Crippen molar-refractivity contribution in [3.8, 4) is 11.5 Å². The van der Waals surface area contributed by atoms with Crippen molar-refractivity contribution in [2.45, 2.75) is 19.4 Å². The Kier molecular flexibility index (Phi) is 6.34. The lowest BCUT2D eigenvalue weighted by molar-refractivity contribution is -0.152. The van der Waals surface area contributed by atoms with E-state index in [1.165, 1.54) is 19.3 Å². The Bertz CT molecular complexity index is 989. The number of oxazole rings is 1. The van der Waals surface area contributed by atoms with E-state index in [4.69, 9.17) is 32.4 Å². The van der Waals surface area contributed by atoms with Crippen LogP contribution in [0.3, 0.4) is 0 Å². The Morgan fingerprint density at radius 3 is 2.64 bits per heavy atom. The average molecular weight is 419 g/mol. The van der Waals surface area contributed by atoms with E-state index in [0.717, 1.165) is 5.56 Å². The number of benzene rings is 2. The second kappa shape index (κ2) is 8.91. The Hall–Kier alpha value is -2.83. The molecule has 1 heterocycles. The minimum absolute atomic E-state index is 0.115. The molecule has 1 atom stereocenters. The summed E-state index contributed by atoms with van der Waals surface area (Å²) in [5.74, 6) is -0.702. The summed E-state index contributed by atoms with van der Waals surface area (Å²) in [6, 6.07) is 14.0. The third-order valence-electron chi connectivity index (χ3n) is 3.76. The first-order valence-corrected chi connectivity index (χ1v) is 9.13. The summed E-state index contributed by atoms with van der Waals surface area (Å²) in [5.41, 5.74) is 1.59. The van der Waals surface area contributed by atoms with Crippen LogP contribution in [0.5, 0.6) is 0 Å². The molecule has 0 radical (unpaired) electrons. The number of carbonyl (C=O) groups excluding carboxylic acids is 2. The van der Waals surface area contributed by atoms with Crippen LogP contribution in [0.4, 0.5) is 5.69 Å². The van der Waals surface area contributed by atoms with Gasteiger partial charge in [0.2, 0.25) is 5.89 Å². The van der Waals surface area contributed by atoms with E-state index in [0.29, 0.717) is 22.3 Å². The largest absolute Gasteiger partial charge is 0.452 e.